The molecule has 0 unspecified atom stereocenters. The Labute approximate surface area is 108 Å². The van der Waals surface area contributed by atoms with Gasteiger partial charge in [0.25, 0.3) is 0 Å². The van der Waals surface area contributed by atoms with Crippen molar-refractivity contribution >= 4 is 5.82 Å². The van der Waals surface area contributed by atoms with E-state index in [9.17, 15) is 0 Å². The third-order valence-electron chi connectivity index (χ3n) is 2.74. The highest BCUT2D eigenvalue weighted by atomic mass is 15.0. The topological polar surface area (TPSA) is 50.7 Å². The van der Waals surface area contributed by atoms with Gasteiger partial charge < -0.3 is 5.32 Å². The van der Waals surface area contributed by atoms with Gasteiger partial charge in [-0.05, 0) is 32.4 Å². The quantitative estimate of drug-likeness (QED) is 0.899. The van der Waals surface area contributed by atoms with Crippen LogP contribution in [0.15, 0.2) is 18.2 Å². The summed E-state index contributed by atoms with van der Waals surface area (Å²) in [4.78, 5) is 13.4. The minimum atomic E-state index is 0.757. The van der Waals surface area contributed by atoms with Crippen LogP contribution in [-0.2, 0) is 6.42 Å². The molecule has 2 rings (SSSR count). The zero-order chi connectivity index (χ0) is 13.1. The van der Waals surface area contributed by atoms with Gasteiger partial charge in [0.1, 0.15) is 5.82 Å². The molecular formula is C14H18N4. The second-order valence-corrected chi connectivity index (χ2v) is 4.31. The molecular weight excluding hydrogens is 224 g/mol. The van der Waals surface area contributed by atoms with Gasteiger partial charge in [0.2, 0.25) is 0 Å². The van der Waals surface area contributed by atoms with E-state index in [-0.39, 0.29) is 0 Å². The molecule has 1 N–H and O–H groups in total. The van der Waals surface area contributed by atoms with Gasteiger partial charge >= 0.3 is 0 Å². The monoisotopic (exact) mass is 242 g/mol. The molecule has 2 heterocycles. The molecule has 0 bridgehead atoms. The molecule has 4 heteroatoms. The lowest BCUT2D eigenvalue weighted by Crippen LogP contribution is -2.01. The van der Waals surface area contributed by atoms with Crippen LogP contribution in [0.2, 0.25) is 0 Å². The van der Waals surface area contributed by atoms with Crippen LogP contribution in [0.5, 0.6) is 0 Å². The predicted molar refractivity (Wildman–Crippen MR) is 73.7 cm³/mol. The van der Waals surface area contributed by atoms with E-state index in [2.05, 4.69) is 27.2 Å². The van der Waals surface area contributed by atoms with E-state index in [1.807, 2.05) is 39.1 Å². The molecule has 0 radical (unpaired) electrons. The molecule has 18 heavy (non-hydrogen) atoms. The van der Waals surface area contributed by atoms with Crippen molar-refractivity contribution < 1.29 is 0 Å². The number of rotatable bonds is 3. The summed E-state index contributed by atoms with van der Waals surface area (Å²) < 4.78 is 0. The highest BCUT2D eigenvalue weighted by Crippen LogP contribution is 2.19. The van der Waals surface area contributed by atoms with E-state index in [0.29, 0.717) is 0 Å². The maximum Gasteiger partial charge on any atom is 0.161 e. The molecule has 0 fully saturated rings. The molecule has 0 aliphatic heterocycles. The maximum atomic E-state index is 4.57. The van der Waals surface area contributed by atoms with Crippen molar-refractivity contribution in [3.05, 3.63) is 35.3 Å². The molecule has 2 aromatic heterocycles. The molecule has 0 amide bonds. The number of anilines is 1. The zero-order valence-corrected chi connectivity index (χ0v) is 11.3. The van der Waals surface area contributed by atoms with Crippen molar-refractivity contribution in [1.29, 1.82) is 0 Å². The van der Waals surface area contributed by atoms with Crippen LogP contribution in [0.4, 0.5) is 5.82 Å². The highest BCUT2D eigenvalue weighted by molar-refractivity contribution is 5.58. The van der Waals surface area contributed by atoms with Crippen LogP contribution in [0.1, 0.15) is 24.0 Å². The van der Waals surface area contributed by atoms with Gasteiger partial charge in [-0.3, -0.25) is 4.98 Å². The molecule has 0 saturated carbocycles. The fourth-order valence-electron chi connectivity index (χ4n) is 1.90. The Balaban J connectivity index is 2.55. The van der Waals surface area contributed by atoms with Gasteiger partial charge in [0.05, 0.1) is 0 Å². The van der Waals surface area contributed by atoms with Gasteiger partial charge in [0, 0.05) is 35.8 Å². The molecule has 2 aromatic rings. The third kappa shape index (κ3) is 2.64. The number of hydrogen-bond donors (Lipinski definition) is 1. The van der Waals surface area contributed by atoms with Gasteiger partial charge in [-0.15, -0.1) is 0 Å². The second-order valence-electron chi connectivity index (χ2n) is 4.31. The smallest absolute Gasteiger partial charge is 0.161 e. The minimum absolute atomic E-state index is 0.757. The number of aromatic nitrogens is 3. The average molecular weight is 242 g/mol. The van der Waals surface area contributed by atoms with E-state index < -0.39 is 0 Å². The van der Waals surface area contributed by atoms with Crippen molar-refractivity contribution in [2.75, 3.05) is 12.4 Å². The lowest BCUT2D eigenvalue weighted by Gasteiger charge is -2.08. The van der Waals surface area contributed by atoms with E-state index in [1.165, 1.54) is 0 Å². The fraction of sp³-hybridized carbons (Fsp3) is 0.357. The summed E-state index contributed by atoms with van der Waals surface area (Å²) in [5.41, 5.74) is 4.03. The Morgan fingerprint density at radius 1 is 1.00 bits per heavy atom. The van der Waals surface area contributed by atoms with Crippen molar-refractivity contribution in [3.8, 4) is 11.4 Å². The van der Waals surface area contributed by atoms with Crippen LogP contribution in [0.3, 0.4) is 0 Å². The van der Waals surface area contributed by atoms with E-state index in [1.54, 1.807) is 0 Å². The first-order valence-electron chi connectivity index (χ1n) is 6.13. The molecule has 0 atom stereocenters. The average Bonchev–Trinajstić information content (AvgIpc) is 2.37. The van der Waals surface area contributed by atoms with Gasteiger partial charge in [-0.25, -0.2) is 9.97 Å². The van der Waals surface area contributed by atoms with Crippen LogP contribution in [0.25, 0.3) is 11.4 Å². The van der Waals surface area contributed by atoms with Crippen LogP contribution in [-0.4, -0.2) is 22.0 Å². The number of nitrogens with one attached hydrogen (secondary N) is 1. The number of aryl methyl sites for hydroxylation is 3. The molecule has 0 saturated heterocycles. The lowest BCUT2D eigenvalue weighted by atomic mass is 10.2. The molecule has 0 spiro atoms. The molecule has 0 aliphatic rings. The van der Waals surface area contributed by atoms with E-state index >= 15 is 0 Å². The Morgan fingerprint density at radius 3 is 2.22 bits per heavy atom. The SMILES string of the molecule is CCc1cc(NC)nc(-c2cc(C)nc(C)c2)n1. The van der Waals surface area contributed by atoms with Crippen molar-refractivity contribution in [2.24, 2.45) is 0 Å². The molecule has 0 aliphatic carbocycles. The summed E-state index contributed by atoms with van der Waals surface area (Å²) in [7, 11) is 1.87. The summed E-state index contributed by atoms with van der Waals surface area (Å²) in [5.74, 6) is 1.61. The normalized spacial score (nSPS) is 10.4. The number of nitrogens with zero attached hydrogens (tertiary/aromatic N) is 3. The Bertz CT molecular complexity index is 521. The van der Waals surface area contributed by atoms with Crippen molar-refractivity contribution in [2.45, 2.75) is 27.2 Å². The minimum Gasteiger partial charge on any atom is -0.373 e. The van der Waals surface area contributed by atoms with Crippen molar-refractivity contribution in [3.63, 3.8) is 0 Å². The third-order valence-corrected chi connectivity index (χ3v) is 2.74. The molecule has 0 aromatic carbocycles. The Morgan fingerprint density at radius 2 is 1.67 bits per heavy atom. The highest BCUT2D eigenvalue weighted by Gasteiger charge is 2.07. The van der Waals surface area contributed by atoms with Gasteiger partial charge in [0.15, 0.2) is 5.82 Å². The van der Waals surface area contributed by atoms with Gasteiger partial charge in [-0.2, -0.15) is 0 Å². The van der Waals surface area contributed by atoms with Crippen molar-refractivity contribution in [1.82, 2.24) is 15.0 Å². The summed E-state index contributed by atoms with van der Waals surface area (Å²) in [6.45, 7) is 6.06. The first-order chi connectivity index (χ1) is 8.62. The summed E-state index contributed by atoms with van der Waals surface area (Å²) >= 11 is 0. The predicted octanol–water partition coefficient (Wildman–Crippen LogP) is 2.76. The fourth-order valence-corrected chi connectivity index (χ4v) is 1.90. The lowest BCUT2D eigenvalue weighted by molar-refractivity contribution is 1.00. The number of hydrogen-bond acceptors (Lipinski definition) is 4. The first-order valence-corrected chi connectivity index (χ1v) is 6.13. The Hall–Kier alpha value is -1.97. The first kappa shape index (κ1) is 12.5. The largest absolute Gasteiger partial charge is 0.373 e. The second kappa shape index (κ2) is 5.12. The maximum absolute atomic E-state index is 4.57. The van der Waals surface area contributed by atoms with Crippen LogP contribution in [0, 0.1) is 13.8 Å². The number of pyridine rings is 1. The standard InChI is InChI=1S/C14H18N4/c1-5-12-8-13(15-4)18-14(17-12)11-6-9(2)16-10(3)7-11/h6-8H,5H2,1-4H3,(H,15,17,18). The summed E-state index contributed by atoms with van der Waals surface area (Å²) in [6, 6.07) is 6.01. The van der Waals surface area contributed by atoms with Gasteiger partial charge in [-0.1, -0.05) is 6.92 Å². The molecule has 94 valence electrons. The summed E-state index contributed by atoms with van der Waals surface area (Å²) in [5, 5.41) is 3.07. The zero-order valence-electron chi connectivity index (χ0n) is 11.3. The molecule has 4 nitrogen and oxygen atoms in total. The van der Waals surface area contributed by atoms with Crippen LogP contribution >= 0.6 is 0 Å². The van der Waals surface area contributed by atoms with E-state index in [0.717, 1.165) is 40.7 Å². The van der Waals surface area contributed by atoms with Crippen LogP contribution < -0.4 is 5.32 Å². The Kier molecular flexibility index (Phi) is 3.55. The van der Waals surface area contributed by atoms with E-state index in [4.69, 9.17) is 0 Å². The summed E-state index contributed by atoms with van der Waals surface area (Å²) in [6.07, 6.45) is 0.896.